The van der Waals surface area contributed by atoms with Crippen molar-refractivity contribution in [3.63, 3.8) is 0 Å². The van der Waals surface area contributed by atoms with Gasteiger partial charge in [-0.2, -0.15) is 5.10 Å². The molecule has 1 amide bonds. The minimum Gasteiger partial charge on any atom is -0.480 e. The molecule has 1 aliphatic rings. The molecule has 0 fully saturated rings. The molecule has 0 saturated heterocycles. The maximum absolute atomic E-state index is 13.6. The fraction of sp³-hybridized carbons (Fsp3) is 0.200. The van der Waals surface area contributed by atoms with Crippen LogP contribution in [0.5, 0.6) is 5.75 Å². The molecule has 8 nitrogen and oxygen atoms in total. The molecule has 0 aliphatic carbocycles. The largest absolute Gasteiger partial charge is 0.480 e. The highest BCUT2D eigenvalue weighted by atomic mass is 19.1. The molecule has 3 aromatic heterocycles. The van der Waals surface area contributed by atoms with Crippen molar-refractivity contribution in [1.82, 2.24) is 24.1 Å². The van der Waals surface area contributed by atoms with E-state index in [1.54, 1.807) is 53.0 Å². The summed E-state index contributed by atoms with van der Waals surface area (Å²) >= 11 is 0. The predicted octanol–water partition coefficient (Wildman–Crippen LogP) is 4.27. The van der Waals surface area contributed by atoms with Crippen LogP contribution in [0.15, 0.2) is 77.7 Å². The molecule has 0 bridgehead atoms. The third kappa shape index (κ3) is 4.56. The van der Waals surface area contributed by atoms with E-state index < -0.39 is 0 Å². The molecule has 5 aromatic rings. The summed E-state index contributed by atoms with van der Waals surface area (Å²) in [6.07, 6.45) is 2.43. The molecule has 0 spiro atoms. The van der Waals surface area contributed by atoms with Crippen LogP contribution in [0, 0.1) is 19.7 Å². The van der Waals surface area contributed by atoms with Crippen molar-refractivity contribution < 1.29 is 13.9 Å². The number of carbonyl (C=O) groups is 1. The van der Waals surface area contributed by atoms with E-state index in [0.29, 0.717) is 47.1 Å². The Kier molecular flexibility index (Phi) is 6.18. The Hall–Kier alpha value is -4.79. The van der Waals surface area contributed by atoms with Crippen LogP contribution in [0.4, 0.5) is 4.39 Å². The topological polar surface area (TPSA) is 81.7 Å². The lowest BCUT2D eigenvalue weighted by Crippen LogP contribution is -2.38. The smallest absolute Gasteiger partial charge is 0.267 e. The highest BCUT2D eigenvalue weighted by molar-refractivity contribution is 5.78. The van der Waals surface area contributed by atoms with Gasteiger partial charge in [0.25, 0.3) is 11.5 Å². The van der Waals surface area contributed by atoms with Gasteiger partial charge in [0.2, 0.25) is 0 Å². The van der Waals surface area contributed by atoms with Gasteiger partial charge in [0, 0.05) is 25.0 Å². The zero-order chi connectivity index (χ0) is 27.1. The van der Waals surface area contributed by atoms with Crippen molar-refractivity contribution in [3.8, 4) is 22.7 Å². The van der Waals surface area contributed by atoms with Crippen molar-refractivity contribution in [2.24, 2.45) is 0 Å². The first-order valence-electron chi connectivity index (χ1n) is 12.7. The van der Waals surface area contributed by atoms with E-state index in [9.17, 15) is 14.0 Å². The van der Waals surface area contributed by atoms with Crippen LogP contribution in [0.25, 0.3) is 22.6 Å². The number of rotatable bonds is 5. The summed E-state index contributed by atoms with van der Waals surface area (Å²) in [5.41, 5.74) is 5.23. The molecule has 0 atom stereocenters. The Labute approximate surface area is 223 Å². The molecule has 9 heteroatoms. The SMILES string of the molecule is Cc1nc2c(OCC(=O)N3CCc4ccccc4C3)cccn2c(=O)c1-c1cc(C)n(-c2ccc(F)cc2)n1. The minimum atomic E-state index is -0.336. The van der Waals surface area contributed by atoms with E-state index in [0.717, 1.165) is 17.7 Å². The molecule has 1 aliphatic heterocycles. The number of carbonyl (C=O) groups excluding carboxylic acids is 1. The highest BCUT2D eigenvalue weighted by Gasteiger charge is 2.22. The first-order valence-corrected chi connectivity index (χ1v) is 12.7. The van der Waals surface area contributed by atoms with Crippen LogP contribution in [-0.4, -0.2) is 43.1 Å². The molecular weight excluding hydrogens is 497 g/mol. The zero-order valence-corrected chi connectivity index (χ0v) is 21.6. The number of amides is 1. The molecule has 0 radical (unpaired) electrons. The van der Waals surface area contributed by atoms with Crippen molar-refractivity contribution in [2.45, 2.75) is 26.8 Å². The Morgan fingerprint density at radius 2 is 1.79 bits per heavy atom. The molecule has 0 unspecified atom stereocenters. The highest BCUT2D eigenvalue weighted by Crippen LogP contribution is 2.25. The maximum Gasteiger partial charge on any atom is 0.267 e. The normalized spacial score (nSPS) is 12.9. The molecule has 0 N–H and O–H groups in total. The molecule has 0 saturated carbocycles. The van der Waals surface area contributed by atoms with Gasteiger partial charge in [-0.3, -0.25) is 14.0 Å². The van der Waals surface area contributed by atoms with Crippen LogP contribution >= 0.6 is 0 Å². The summed E-state index contributed by atoms with van der Waals surface area (Å²) in [7, 11) is 0. The van der Waals surface area contributed by atoms with Crippen molar-refractivity contribution in [3.05, 3.63) is 112 Å². The van der Waals surface area contributed by atoms with Crippen molar-refractivity contribution >= 4 is 11.6 Å². The predicted molar refractivity (Wildman–Crippen MR) is 145 cm³/mol. The van der Waals surface area contributed by atoms with Gasteiger partial charge in [-0.15, -0.1) is 0 Å². The van der Waals surface area contributed by atoms with Gasteiger partial charge >= 0.3 is 0 Å². The maximum atomic E-state index is 13.6. The molecule has 2 aromatic carbocycles. The number of ether oxygens (including phenoxy) is 1. The van der Waals surface area contributed by atoms with Crippen LogP contribution in [0.1, 0.15) is 22.5 Å². The standard InChI is InChI=1S/C30H26FN5O3/c1-19-16-25(33-36(19)24-11-9-23(31)10-12-24)28-20(2)32-29-26(8-5-14-35(29)30(28)38)39-18-27(37)34-15-13-21-6-3-4-7-22(21)17-34/h3-12,14,16H,13,15,17-18H2,1-2H3. The Morgan fingerprint density at radius 3 is 2.59 bits per heavy atom. The lowest BCUT2D eigenvalue weighted by atomic mass is 10.00. The van der Waals surface area contributed by atoms with E-state index in [1.165, 1.54) is 22.1 Å². The van der Waals surface area contributed by atoms with Gasteiger partial charge < -0.3 is 9.64 Å². The van der Waals surface area contributed by atoms with Crippen molar-refractivity contribution in [2.75, 3.05) is 13.2 Å². The minimum absolute atomic E-state index is 0.121. The van der Waals surface area contributed by atoms with E-state index in [-0.39, 0.29) is 23.9 Å². The molecule has 196 valence electrons. The number of hydrogen-bond donors (Lipinski definition) is 0. The van der Waals surface area contributed by atoms with Crippen LogP contribution in [0.2, 0.25) is 0 Å². The van der Waals surface area contributed by atoms with Crippen LogP contribution in [-0.2, 0) is 17.8 Å². The summed E-state index contributed by atoms with van der Waals surface area (Å²) in [5, 5.41) is 4.62. The van der Waals surface area contributed by atoms with Crippen LogP contribution < -0.4 is 10.3 Å². The van der Waals surface area contributed by atoms with Crippen molar-refractivity contribution in [1.29, 1.82) is 0 Å². The van der Waals surface area contributed by atoms with E-state index in [1.807, 2.05) is 25.1 Å². The van der Waals surface area contributed by atoms with E-state index >= 15 is 0 Å². The third-order valence-corrected chi connectivity index (χ3v) is 7.05. The van der Waals surface area contributed by atoms with Gasteiger partial charge in [0.1, 0.15) is 11.5 Å². The second-order valence-corrected chi connectivity index (χ2v) is 9.63. The third-order valence-electron chi connectivity index (χ3n) is 7.05. The number of nitrogens with zero attached hydrogens (tertiary/aromatic N) is 5. The number of halogens is 1. The summed E-state index contributed by atoms with van der Waals surface area (Å²) in [5.74, 6) is -0.107. The number of hydrogen-bond acceptors (Lipinski definition) is 5. The monoisotopic (exact) mass is 523 g/mol. The summed E-state index contributed by atoms with van der Waals surface area (Å²) < 4.78 is 22.4. The number of aryl methyl sites for hydroxylation is 2. The number of benzene rings is 2. The second kappa shape index (κ2) is 9.83. The summed E-state index contributed by atoms with van der Waals surface area (Å²) in [4.78, 5) is 33.0. The fourth-order valence-corrected chi connectivity index (χ4v) is 5.03. The second-order valence-electron chi connectivity index (χ2n) is 9.63. The molecular formula is C30H26FN5O3. The van der Waals surface area contributed by atoms with E-state index in [4.69, 9.17) is 4.74 Å². The quantitative estimate of drug-likeness (QED) is 0.344. The number of fused-ring (bicyclic) bond motifs is 2. The Bertz CT molecular complexity index is 1770. The van der Waals surface area contributed by atoms with Gasteiger partial charge in [-0.1, -0.05) is 24.3 Å². The average molecular weight is 524 g/mol. The van der Waals surface area contributed by atoms with Crippen LogP contribution in [0.3, 0.4) is 0 Å². The van der Waals surface area contributed by atoms with Gasteiger partial charge in [-0.05, 0) is 73.9 Å². The van der Waals surface area contributed by atoms with Gasteiger partial charge in [-0.25, -0.2) is 14.1 Å². The van der Waals surface area contributed by atoms with E-state index in [2.05, 4.69) is 16.1 Å². The van der Waals surface area contributed by atoms with Gasteiger partial charge in [0.05, 0.1) is 16.9 Å². The molecule has 39 heavy (non-hydrogen) atoms. The molecule has 4 heterocycles. The summed E-state index contributed by atoms with van der Waals surface area (Å²) in [6, 6.07) is 19.3. The Morgan fingerprint density at radius 1 is 1.03 bits per heavy atom. The fourth-order valence-electron chi connectivity index (χ4n) is 5.03. The number of pyridine rings is 1. The number of aromatic nitrogens is 4. The lowest BCUT2D eigenvalue weighted by molar-refractivity contribution is -0.134. The first-order chi connectivity index (χ1) is 18.9. The van der Waals surface area contributed by atoms with Gasteiger partial charge in [0.15, 0.2) is 18.0 Å². The lowest BCUT2D eigenvalue weighted by Gasteiger charge is -2.28. The molecule has 6 rings (SSSR count). The Balaban J connectivity index is 1.27. The summed E-state index contributed by atoms with van der Waals surface area (Å²) in [6.45, 7) is 4.65. The first kappa shape index (κ1) is 24.5. The zero-order valence-electron chi connectivity index (χ0n) is 21.6. The average Bonchev–Trinajstić information content (AvgIpc) is 3.32.